The van der Waals surface area contributed by atoms with E-state index in [0.29, 0.717) is 0 Å². The van der Waals surface area contributed by atoms with Crippen LogP contribution in [0, 0.1) is 0 Å². The highest BCUT2D eigenvalue weighted by Crippen LogP contribution is 2.36. The van der Waals surface area contributed by atoms with Gasteiger partial charge in [-0.3, -0.25) is 0 Å². The van der Waals surface area contributed by atoms with Gasteiger partial charge in [-0.05, 0) is 88.9 Å². The quantitative estimate of drug-likeness (QED) is 0.0978. The Labute approximate surface area is 288 Å². The van der Waals surface area contributed by atoms with Crippen LogP contribution in [0.4, 0.5) is 0 Å². The molecule has 8 bridgehead atoms. The second-order valence-corrected chi connectivity index (χ2v) is 12.9. The summed E-state index contributed by atoms with van der Waals surface area (Å²) in [6, 6.07) is 40.5. The first kappa shape index (κ1) is 29.4. The zero-order chi connectivity index (χ0) is 31.6. The summed E-state index contributed by atoms with van der Waals surface area (Å²) in [5.41, 5.74) is 15.8. The molecule has 2 aliphatic rings. The van der Waals surface area contributed by atoms with Crippen LogP contribution in [0.1, 0.15) is 41.2 Å². The first-order chi connectivity index (χ1) is 23.3. The lowest BCUT2D eigenvalue weighted by molar-refractivity contribution is 0.809. The van der Waals surface area contributed by atoms with Crippen LogP contribution in [0.5, 0.6) is 0 Å². The molecule has 0 aliphatic carbocycles. The van der Waals surface area contributed by atoms with E-state index in [1.54, 1.807) is 0 Å². The Bertz CT molecular complexity index is 2260. The summed E-state index contributed by atoms with van der Waals surface area (Å²) >= 11 is 2.47. The number of hydrogen-bond donors (Lipinski definition) is 2. The van der Waals surface area contributed by atoms with Crippen LogP contribution in [-0.2, 0) is 6.42 Å². The number of aromatic nitrogens is 4. The highest BCUT2D eigenvalue weighted by molar-refractivity contribution is 14.1. The van der Waals surface area contributed by atoms with E-state index in [9.17, 15) is 0 Å². The van der Waals surface area contributed by atoms with Crippen molar-refractivity contribution in [3.05, 3.63) is 144 Å². The standard InChI is InChI=1S/C42H33IN4/c43-27-11-10-18-31-32-19-21-34(44-32)40(28-12-4-1-5-13-28)36-23-25-38(46-36)42(30-16-8-3-9-17-30)39-26-24-37(47-39)41(29-14-6-2-7-15-29)35-22-20-33(31)45-35/h1-9,12-17,19-26,44,47H,10-11,18,27H2. The number of aromatic amines is 2. The van der Waals surface area contributed by atoms with Crippen molar-refractivity contribution < 1.29 is 0 Å². The zero-order valence-electron chi connectivity index (χ0n) is 25.9. The Hall–Kier alpha value is -5.01. The van der Waals surface area contributed by atoms with Gasteiger partial charge in [-0.1, -0.05) is 114 Å². The summed E-state index contributed by atoms with van der Waals surface area (Å²) in [6.07, 6.45) is 11.9. The van der Waals surface area contributed by atoms with Crippen LogP contribution in [0.2, 0.25) is 0 Å². The average molecular weight is 721 g/mol. The van der Waals surface area contributed by atoms with Crippen LogP contribution in [0.3, 0.4) is 0 Å². The van der Waals surface area contributed by atoms with Gasteiger partial charge in [-0.15, -0.1) is 0 Å². The Kier molecular flexibility index (Phi) is 8.14. The number of nitrogens with zero attached hydrogens (tertiary/aromatic N) is 2. The summed E-state index contributed by atoms with van der Waals surface area (Å²) in [5, 5.41) is 0. The van der Waals surface area contributed by atoms with Gasteiger partial charge in [0, 0.05) is 44.3 Å². The number of nitrogens with one attached hydrogen (secondary N) is 2. The van der Waals surface area contributed by atoms with E-state index in [1.807, 2.05) is 0 Å². The molecule has 0 radical (unpaired) electrons. The van der Waals surface area contributed by atoms with Crippen molar-refractivity contribution in [2.45, 2.75) is 19.3 Å². The van der Waals surface area contributed by atoms with Crippen molar-refractivity contribution in [1.82, 2.24) is 19.9 Å². The molecule has 0 saturated heterocycles. The third kappa shape index (κ3) is 5.76. The van der Waals surface area contributed by atoms with Gasteiger partial charge >= 0.3 is 0 Å². The van der Waals surface area contributed by atoms with Crippen LogP contribution >= 0.6 is 22.6 Å². The largest absolute Gasteiger partial charge is 0.355 e. The van der Waals surface area contributed by atoms with Crippen molar-refractivity contribution in [1.29, 1.82) is 0 Å². The van der Waals surface area contributed by atoms with E-state index >= 15 is 0 Å². The summed E-state index contributed by atoms with van der Waals surface area (Å²) in [7, 11) is 0. The monoisotopic (exact) mass is 720 g/mol. The predicted molar refractivity (Wildman–Crippen MR) is 207 cm³/mol. The SMILES string of the molecule is ICCCCc1c2nc(c(-c3ccccc3)c3ccc([nH]3)c(-c3ccccc3)c3nc(c(-c4ccccc4)c4ccc1[nH]4)C=C3)C=C2. The van der Waals surface area contributed by atoms with E-state index in [2.05, 4.69) is 172 Å². The predicted octanol–water partition coefficient (Wildman–Crippen LogP) is 11.4. The summed E-state index contributed by atoms with van der Waals surface area (Å²) in [4.78, 5) is 18.3. The zero-order valence-corrected chi connectivity index (χ0v) is 28.0. The van der Waals surface area contributed by atoms with Gasteiger partial charge in [-0.2, -0.15) is 0 Å². The number of H-pyrrole nitrogens is 2. The van der Waals surface area contributed by atoms with Gasteiger partial charge < -0.3 is 9.97 Å². The lowest BCUT2D eigenvalue weighted by Crippen LogP contribution is -1.93. The molecule has 0 spiro atoms. The molecule has 2 N–H and O–H groups in total. The molecule has 5 heterocycles. The molecule has 228 valence electrons. The van der Waals surface area contributed by atoms with Gasteiger partial charge in [0.2, 0.25) is 0 Å². The number of rotatable bonds is 7. The maximum absolute atomic E-state index is 5.35. The number of halogens is 1. The molecule has 8 rings (SSSR count). The van der Waals surface area contributed by atoms with E-state index in [1.165, 1.54) is 12.0 Å². The maximum atomic E-state index is 5.35. The van der Waals surface area contributed by atoms with Crippen LogP contribution in [-0.4, -0.2) is 24.4 Å². The lowest BCUT2D eigenvalue weighted by atomic mass is 10.0. The molecular weight excluding hydrogens is 687 g/mol. The van der Waals surface area contributed by atoms with Crippen molar-refractivity contribution in [3.8, 4) is 33.4 Å². The maximum Gasteiger partial charge on any atom is 0.0737 e. The molecule has 0 unspecified atom stereocenters. The molecule has 3 aromatic heterocycles. The molecule has 47 heavy (non-hydrogen) atoms. The van der Waals surface area contributed by atoms with Crippen molar-refractivity contribution >= 4 is 69.0 Å². The fourth-order valence-corrected chi connectivity index (χ4v) is 7.19. The molecular formula is C42H33IN4. The topological polar surface area (TPSA) is 57.4 Å². The first-order valence-corrected chi connectivity index (χ1v) is 17.7. The van der Waals surface area contributed by atoms with Gasteiger partial charge in [0.1, 0.15) is 0 Å². The Morgan fingerprint density at radius 3 is 1.26 bits per heavy atom. The van der Waals surface area contributed by atoms with E-state index in [4.69, 9.17) is 9.97 Å². The lowest BCUT2D eigenvalue weighted by Gasteiger charge is -2.06. The molecule has 0 atom stereocenters. The molecule has 0 saturated carbocycles. The van der Waals surface area contributed by atoms with Gasteiger partial charge in [0.05, 0.1) is 22.8 Å². The smallest absolute Gasteiger partial charge is 0.0737 e. The fraction of sp³-hybridized carbons (Fsp3) is 0.0952. The highest BCUT2D eigenvalue weighted by Gasteiger charge is 2.18. The summed E-state index contributed by atoms with van der Waals surface area (Å²) in [5.74, 6) is 0. The highest BCUT2D eigenvalue weighted by atomic mass is 127. The second kappa shape index (κ2) is 13.0. The second-order valence-electron chi connectivity index (χ2n) is 11.9. The fourth-order valence-electron chi connectivity index (χ4n) is 6.65. The molecule has 2 aliphatic heterocycles. The number of fused-ring (bicyclic) bond motifs is 8. The Morgan fingerprint density at radius 2 is 0.809 bits per heavy atom. The third-order valence-corrected chi connectivity index (χ3v) is 9.62. The molecule has 4 nitrogen and oxygen atoms in total. The van der Waals surface area contributed by atoms with Crippen LogP contribution < -0.4 is 0 Å². The van der Waals surface area contributed by atoms with Gasteiger partial charge in [0.25, 0.3) is 0 Å². The van der Waals surface area contributed by atoms with Crippen LogP contribution in [0.25, 0.3) is 79.8 Å². The molecule has 3 aromatic carbocycles. The normalized spacial score (nSPS) is 12.1. The van der Waals surface area contributed by atoms with E-state index in [0.717, 1.165) is 95.5 Å². The Morgan fingerprint density at radius 1 is 0.426 bits per heavy atom. The summed E-state index contributed by atoms with van der Waals surface area (Å²) in [6.45, 7) is 0. The minimum absolute atomic E-state index is 0.924. The molecule has 5 heteroatoms. The number of aryl methyl sites for hydroxylation is 1. The molecule has 0 fully saturated rings. The number of alkyl halides is 1. The average Bonchev–Trinajstić information content (AvgIpc) is 3.95. The van der Waals surface area contributed by atoms with Crippen LogP contribution in [0.15, 0.2) is 115 Å². The van der Waals surface area contributed by atoms with Crippen molar-refractivity contribution in [2.75, 3.05) is 4.43 Å². The van der Waals surface area contributed by atoms with Crippen molar-refractivity contribution in [2.24, 2.45) is 0 Å². The van der Waals surface area contributed by atoms with Crippen molar-refractivity contribution in [3.63, 3.8) is 0 Å². The molecule has 6 aromatic rings. The Balaban J connectivity index is 1.54. The van der Waals surface area contributed by atoms with Gasteiger partial charge in [0.15, 0.2) is 0 Å². The third-order valence-electron chi connectivity index (χ3n) is 8.86. The van der Waals surface area contributed by atoms with E-state index < -0.39 is 0 Å². The number of benzene rings is 3. The van der Waals surface area contributed by atoms with E-state index in [-0.39, 0.29) is 0 Å². The molecule has 0 amide bonds. The summed E-state index contributed by atoms with van der Waals surface area (Å²) < 4.78 is 1.14. The van der Waals surface area contributed by atoms with Gasteiger partial charge in [-0.25, -0.2) is 9.97 Å². The minimum Gasteiger partial charge on any atom is -0.355 e. The number of unbranched alkanes of at least 4 members (excludes halogenated alkanes) is 1. The first-order valence-electron chi connectivity index (χ1n) is 16.1. The minimum atomic E-state index is 0.924. The number of hydrogen-bond acceptors (Lipinski definition) is 2.